The monoisotopic (exact) mass is 194 g/mol. The second-order valence-electron chi connectivity index (χ2n) is 0.956. The molecule has 6 heteroatoms. The Bertz CT molecular complexity index is 120. The van der Waals surface area contributed by atoms with Crippen LogP contribution in [0.3, 0.4) is 0 Å². The fraction of sp³-hybridized carbons (Fsp3) is 1.00. The Labute approximate surface area is 63.8 Å². The van der Waals surface area contributed by atoms with Crippen molar-refractivity contribution in [3.05, 3.63) is 0 Å². The molecule has 0 aromatic heterocycles. The minimum atomic E-state index is -3.72. The van der Waals surface area contributed by atoms with Crippen molar-refractivity contribution in [1.82, 2.24) is 0 Å². The molecule has 0 aliphatic heterocycles. The predicted octanol–water partition coefficient (Wildman–Crippen LogP) is 1.36. The summed E-state index contributed by atoms with van der Waals surface area (Å²) in [6.07, 6.45) is 0. The summed E-state index contributed by atoms with van der Waals surface area (Å²) in [6.45, 7) is 2.78. The Kier molecular flexibility index (Phi) is 8.95. The van der Waals surface area contributed by atoms with Gasteiger partial charge >= 0.3 is 8.26 Å². The highest BCUT2D eigenvalue weighted by Gasteiger charge is 1.88. The van der Waals surface area contributed by atoms with E-state index in [4.69, 9.17) is 8.42 Å². The maximum absolute atomic E-state index is 9.16. The first-order valence-corrected chi connectivity index (χ1v) is 5.18. The summed E-state index contributed by atoms with van der Waals surface area (Å²) >= 11 is 0. The van der Waals surface area contributed by atoms with E-state index in [0.717, 1.165) is 6.61 Å². The van der Waals surface area contributed by atoms with Gasteiger partial charge in [-0.2, -0.15) is 8.42 Å². The summed E-state index contributed by atoms with van der Waals surface area (Å²) in [5.41, 5.74) is 0. The zero-order valence-corrected chi connectivity index (χ0v) is 7.42. The topological polar surface area (TPSA) is 43.4 Å². The molecule has 0 saturated heterocycles. The highest BCUT2D eigenvalue weighted by atomic mass is 36.0. The lowest BCUT2D eigenvalue weighted by molar-refractivity contribution is 0.215. The van der Waals surface area contributed by atoms with Gasteiger partial charge in [0.15, 0.2) is 0 Å². The zero-order valence-electron chi connectivity index (χ0n) is 5.10. The van der Waals surface area contributed by atoms with E-state index in [0.29, 0.717) is 0 Å². The molecule has 0 atom stereocenters. The molecular formula is C3H8Cl2O3S. The van der Waals surface area contributed by atoms with Crippen LogP contribution < -0.4 is 0 Å². The molecule has 0 aromatic rings. The highest BCUT2D eigenvalue weighted by Crippen LogP contribution is 1.98. The molecule has 0 fully saturated rings. The van der Waals surface area contributed by atoms with E-state index in [9.17, 15) is 0 Å². The Morgan fingerprint density at radius 1 is 1.44 bits per heavy atom. The van der Waals surface area contributed by atoms with Crippen LogP contribution in [0.5, 0.6) is 0 Å². The lowest BCUT2D eigenvalue weighted by atomic mass is 10.9. The molecule has 9 heavy (non-hydrogen) atoms. The van der Waals surface area contributed by atoms with Crippen LogP contribution in [-0.4, -0.2) is 22.1 Å². The first-order valence-electron chi connectivity index (χ1n) is 2.05. The van der Waals surface area contributed by atoms with Gasteiger partial charge in [0.1, 0.15) is 0 Å². The minimum Gasteiger partial charge on any atom is -0.385 e. The fourth-order valence-corrected chi connectivity index (χ4v) is 0. The maximum atomic E-state index is 9.16. The van der Waals surface area contributed by atoms with E-state index >= 15 is 0 Å². The molecule has 0 aliphatic carbocycles. The quantitative estimate of drug-likeness (QED) is 0.593. The molecule has 0 aliphatic rings. The average molecular weight is 195 g/mol. The SMILES string of the molecule is CCOC.O=S(=O)(Cl)Cl. The van der Waals surface area contributed by atoms with E-state index in [-0.39, 0.29) is 0 Å². The Morgan fingerprint density at radius 3 is 1.56 bits per heavy atom. The summed E-state index contributed by atoms with van der Waals surface area (Å²) < 4.78 is 22.9. The van der Waals surface area contributed by atoms with Crippen molar-refractivity contribution < 1.29 is 13.2 Å². The van der Waals surface area contributed by atoms with Crippen LogP contribution in [0.1, 0.15) is 6.92 Å². The van der Waals surface area contributed by atoms with Crippen molar-refractivity contribution in [1.29, 1.82) is 0 Å². The molecule has 0 spiro atoms. The van der Waals surface area contributed by atoms with Gasteiger partial charge in [0, 0.05) is 35.1 Å². The Balaban J connectivity index is 0. The van der Waals surface area contributed by atoms with Gasteiger partial charge in [0.25, 0.3) is 0 Å². The Hall–Kier alpha value is 0.490. The van der Waals surface area contributed by atoms with Crippen LogP contribution in [0.15, 0.2) is 0 Å². The van der Waals surface area contributed by atoms with Crippen molar-refractivity contribution in [2.75, 3.05) is 13.7 Å². The molecule has 58 valence electrons. The molecule has 3 nitrogen and oxygen atoms in total. The molecule has 0 radical (unpaired) electrons. The summed E-state index contributed by atoms with van der Waals surface area (Å²) in [4.78, 5) is 0. The molecule has 0 saturated carbocycles. The van der Waals surface area contributed by atoms with Crippen LogP contribution in [0, 0.1) is 0 Å². The van der Waals surface area contributed by atoms with Gasteiger partial charge in [0.2, 0.25) is 0 Å². The summed E-state index contributed by atoms with van der Waals surface area (Å²) in [5.74, 6) is 0. The molecular weight excluding hydrogens is 187 g/mol. The third-order valence-corrected chi connectivity index (χ3v) is 0.289. The number of hydrogen-bond acceptors (Lipinski definition) is 3. The maximum Gasteiger partial charge on any atom is 0.317 e. The van der Waals surface area contributed by atoms with Gasteiger partial charge in [0.05, 0.1) is 0 Å². The van der Waals surface area contributed by atoms with Gasteiger partial charge in [-0.05, 0) is 6.92 Å². The van der Waals surface area contributed by atoms with E-state index in [1.165, 1.54) is 0 Å². The summed E-state index contributed by atoms with van der Waals surface area (Å²) in [7, 11) is 6.49. The van der Waals surface area contributed by atoms with Gasteiger partial charge in [-0.3, -0.25) is 0 Å². The number of halogens is 2. The lowest BCUT2D eigenvalue weighted by Crippen LogP contribution is -1.73. The molecule has 0 aromatic carbocycles. The van der Waals surface area contributed by atoms with Crippen molar-refractivity contribution in [3.63, 3.8) is 0 Å². The third-order valence-electron chi connectivity index (χ3n) is 0.289. The molecule has 0 bridgehead atoms. The average Bonchev–Trinajstić information content (AvgIpc) is 1.61. The third kappa shape index (κ3) is 161. The first-order chi connectivity index (χ1) is 3.91. The summed E-state index contributed by atoms with van der Waals surface area (Å²) in [5, 5.41) is 0. The molecule has 0 heterocycles. The Morgan fingerprint density at radius 2 is 1.56 bits per heavy atom. The van der Waals surface area contributed by atoms with Crippen LogP contribution in [0.25, 0.3) is 0 Å². The van der Waals surface area contributed by atoms with Crippen molar-refractivity contribution in [2.45, 2.75) is 6.92 Å². The highest BCUT2D eigenvalue weighted by molar-refractivity contribution is 8.31. The lowest BCUT2D eigenvalue weighted by Gasteiger charge is -1.76. The van der Waals surface area contributed by atoms with Gasteiger partial charge in [-0.25, -0.2) is 0 Å². The van der Waals surface area contributed by atoms with Crippen LogP contribution in [-0.2, 0) is 13.0 Å². The molecule has 0 amide bonds. The largest absolute Gasteiger partial charge is 0.385 e. The van der Waals surface area contributed by atoms with E-state index in [2.05, 4.69) is 26.1 Å². The van der Waals surface area contributed by atoms with Crippen molar-refractivity contribution in [2.24, 2.45) is 0 Å². The number of ether oxygens (including phenoxy) is 1. The summed E-state index contributed by atoms with van der Waals surface area (Å²) in [6, 6.07) is 0. The standard InChI is InChI=1S/C3H8O.Cl2O2S/c1-3-4-2;1-5(2,3)4/h3H2,1-2H3;. The van der Waals surface area contributed by atoms with Crippen LogP contribution in [0.2, 0.25) is 0 Å². The molecule has 0 unspecified atom stereocenters. The normalized spacial score (nSPS) is 9.78. The molecule has 0 N–H and O–H groups in total. The van der Waals surface area contributed by atoms with Gasteiger partial charge in [-0.15, -0.1) is 0 Å². The van der Waals surface area contributed by atoms with Crippen LogP contribution >= 0.6 is 21.4 Å². The van der Waals surface area contributed by atoms with Crippen molar-refractivity contribution >= 4 is 29.6 Å². The smallest absolute Gasteiger partial charge is 0.317 e. The fourth-order valence-electron chi connectivity index (χ4n) is 0. The van der Waals surface area contributed by atoms with E-state index < -0.39 is 8.26 Å². The second kappa shape index (κ2) is 6.61. The van der Waals surface area contributed by atoms with E-state index in [1.54, 1.807) is 7.11 Å². The van der Waals surface area contributed by atoms with Crippen molar-refractivity contribution in [3.8, 4) is 0 Å². The minimum absolute atomic E-state index is 0.819. The second-order valence-corrected chi connectivity index (χ2v) is 4.62. The number of methoxy groups -OCH3 is 1. The zero-order chi connectivity index (χ0) is 7.91. The van der Waals surface area contributed by atoms with Gasteiger partial charge in [-0.1, -0.05) is 0 Å². The van der Waals surface area contributed by atoms with Crippen LogP contribution in [0.4, 0.5) is 0 Å². The number of rotatable bonds is 1. The van der Waals surface area contributed by atoms with Gasteiger partial charge < -0.3 is 4.74 Å². The van der Waals surface area contributed by atoms with E-state index in [1.807, 2.05) is 6.92 Å². The number of hydrogen-bond donors (Lipinski definition) is 0. The first kappa shape index (κ1) is 12.2. The predicted molar refractivity (Wildman–Crippen MR) is 38.2 cm³/mol. The molecule has 0 rings (SSSR count).